The van der Waals surface area contributed by atoms with E-state index in [2.05, 4.69) is 44.9 Å². The monoisotopic (exact) mass is 264 g/mol. The van der Waals surface area contributed by atoms with Gasteiger partial charge in [0.15, 0.2) is 0 Å². The van der Waals surface area contributed by atoms with Gasteiger partial charge >= 0.3 is 0 Å². The summed E-state index contributed by atoms with van der Waals surface area (Å²) in [7, 11) is 0. The SMILES string of the molecule is CC(C)CNCc1ccnc(OCCC(C)(C)C)c1. The van der Waals surface area contributed by atoms with Gasteiger partial charge in [-0.25, -0.2) is 4.98 Å². The van der Waals surface area contributed by atoms with E-state index in [4.69, 9.17) is 4.74 Å². The van der Waals surface area contributed by atoms with Crippen molar-refractivity contribution in [2.24, 2.45) is 11.3 Å². The summed E-state index contributed by atoms with van der Waals surface area (Å²) in [5.74, 6) is 1.40. The van der Waals surface area contributed by atoms with Gasteiger partial charge in [-0.1, -0.05) is 34.6 Å². The van der Waals surface area contributed by atoms with Crippen LogP contribution in [-0.4, -0.2) is 18.1 Å². The second-order valence-electron chi connectivity index (χ2n) is 6.69. The third-order valence-electron chi connectivity index (χ3n) is 2.78. The average molecular weight is 264 g/mol. The molecule has 0 aliphatic carbocycles. The van der Waals surface area contributed by atoms with Gasteiger partial charge < -0.3 is 10.1 Å². The van der Waals surface area contributed by atoms with Gasteiger partial charge in [0.25, 0.3) is 0 Å². The second-order valence-corrected chi connectivity index (χ2v) is 6.69. The summed E-state index contributed by atoms with van der Waals surface area (Å²) in [6.07, 6.45) is 2.85. The lowest BCUT2D eigenvalue weighted by atomic mass is 9.93. The molecule has 1 aromatic rings. The van der Waals surface area contributed by atoms with Crippen LogP contribution >= 0.6 is 0 Å². The summed E-state index contributed by atoms with van der Waals surface area (Å²) >= 11 is 0. The molecule has 0 aromatic carbocycles. The standard InChI is InChI=1S/C16H28N2O/c1-13(2)11-17-12-14-6-8-18-15(10-14)19-9-7-16(3,4)5/h6,8,10,13,17H,7,9,11-12H2,1-5H3. The Kier molecular flexibility index (Phi) is 6.29. The van der Waals surface area contributed by atoms with Crippen molar-refractivity contribution in [3.63, 3.8) is 0 Å². The third kappa shape index (κ3) is 7.83. The van der Waals surface area contributed by atoms with Crippen LogP contribution in [0.25, 0.3) is 0 Å². The predicted octanol–water partition coefficient (Wildman–Crippen LogP) is 3.64. The first-order chi connectivity index (χ1) is 8.87. The highest BCUT2D eigenvalue weighted by Gasteiger charge is 2.10. The predicted molar refractivity (Wildman–Crippen MR) is 80.3 cm³/mol. The Bertz CT molecular complexity index is 369. The summed E-state index contributed by atoms with van der Waals surface area (Å²) in [4.78, 5) is 4.25. The summed E-state index contributed by atoms with van der Waals surface area (Å²) in [6.45, 7) is 13.7. The lowest BCUT2D eigenvalue weighted by molar-refractivity contribution is 0.236. The zero-order valence-electron chi connectivity index (χ0n) is 13.0. The normalized spacial score (nSPS) is 11.9. The Hall–Kier alpha value is -1.09. The fraction of sp³-hybridized carbons (Fsp3) is 0.688. The highest BCUT2D eigenvalue weighted by molar-refractivity contribution is 5.20. The van der Waals surface area contributed by atoms with Crippen LogP contribution in [-0.2, 0) is 6.54 Å². The van der Waals surface area contributed by atoms with Crippen molar-refractivity contribution >= 4 is 0 Å². The number of pyridine rings is 1. The summed E-state index contributed by atoms with van der Waals surface area (Å²) in [5, 5.41) is 3.43. The molecule has 108 valence electrons. The molecule has 3 nitrogen and oxygen atoms in total. The van der Waals surface area contributed by atoms with Gasteiger partial charge in [0.2, 0.25) is 5.88 Å². The third-order valence-corrected chi connectivity index (χ3v) is 2.78. The van der Waals surface area contributed by atoms with E-state index in [-0.39, 0.29) is 0 Å². The number of ether oxygens (including phenoxy) is 1. The first-order valence-electron chi connectivity index (χ1n) is 7.15. The largest absolute Gasteiger partial charge is 0.478 e. The molecule has 1 heterocycles. The molecule has 0 saturated carbocycles. The van der Waals surface area contributed by atoms with Gasteiger partial charge in [-0.15, -0.1) is 0 Å². The van der Waals surface area contributed by atoms with E-state index in [0.29, 0.717) is 11.3 Å². The van der Waals surface area contributed by atoms with Crippen LogP contribution in [0.5, 0.6) is 5.88 Å². The Balaban J connectivity index is 2.39. The minimum absolute atomic E-state index is 0.302. The minimum atomic E-state index is 0.302. The molecule has 1 aromatic heterocycles. The topological polar surface area (TPSA) is 34.2 Å². The van der Waals surface area contributed by atoms with E-state index in [1.165, 1.54) is 5.56 Å². The summed E-state index contributed by atoms with van der Waals surface area (Å²) in [5.41, 5.74) is 1.53. The lowest BCUT2D eigenvalue weighted by Crippen LogP contribution is -2.19. The van der Waals surface area contributed by atoms with E-state index < -0.39 is 0 Å². The van der Waals surface area contributed by atoms with Gasteiger partial charge in [-0.2, -0.15) is 0 Å². The number of hydrogen-bond acceptors (Lipinski definition) is 3. The van der Waals surface area contributed by atoms with Crippen molar-refractivity contribution < 1.29 is 4.74 Å². The molecule has 0 atom stereocenters. The quantitative estimate of drug-likeness (QED) is 0.816. The first kappa shape index (κ1) is 16.0. The minimum Gasteiger partial charge on any atom is -0.478 e. The van der Waals surface area contributed by atoms with E-state index >= 15 is 0 Å². The summed E-state index contributed by atoms with van der Waals surface area (Å²) < 4.78 is 5.71. The van der Waals surface area contributed by atoms with E-state index in [1.54, 1.807) is 0 Å². The van der Waals surface area contributed by atoms with Crippen molar-refractivity contribution in [1.82, 2.24) is 10.3 Å². The van der Waals surface area contributed by atoms with Crippen LogP contribution in [0.2, 0.25) is 0 Å². The van der Waals surface area contributed by atoms with Crippen molar-refractivity contribution in [3.8, 4) is 5.88 Å². The van der Waals surface area contributed by atoms with Crippen LogP contribution < -0.4 is 10.1 Å². The van der Waals surface area contributed by atoms with Crippen LogP contribution in [0.4, 0.5) is 0 Å². The number of hydrogen-bond donors (Lipinski definition) is 1. The van der Waals surface area contributed by atoms with Crippen molar-refractivity contribution in [2.45, 2.75) is 47.6 Å². The smallest absolute Gasteiger partial charge is 0.213 e. The Morgan fingerprint density at radius 2 is 2.05 bits per heavy atom. The molecule has 0 unspecified atom stereocenters. The van der Waals surface area contributed by atoms with Gasteiger partial charge in [-0.3, -0.25) is 0 Å². The number of nitrogens with zero attached hydrogens (tertiary/aromatic N) is 1. The zero-order valence-corrected chi connectivity index (χ0v) is 13.0. The van der Waals surface area contributed by atoms with Crippen LogP contribution in [0.15, 0.2) is 18.3 Å². The first-order valence-corrected chi connectivity index (χ1v) is 7.15. The molecule has 1 N–H and O–H groups in total. The lowest BCUT2D eigenvalue weighted by Gasteiger charge is -2.17. The maximum Gasteiger partial charge on any atom is 0.213 e. The highest BCUT2D eigenvalue weighted by atomic mass is 16.5. The molecule has 0 saturated heterocycles. The number of aromatic nitrogens is 1. The number of rotatable bonds is 7. The maximum atomic E-state index is 5.71. The Morgan fingerprint density at radius 1 is 1.32 bits per heavy atom. The molecular formula is C16H28N2O. The molecule has 0 fully saturated rings. The highest BCUT2D eigenvalue weighted by Crippen LogP contribution is 2.19. The van der Waals surface area contributed by atoms with Crippen molar-refractivity contribution in [3.05, 3.63) is 23.9 Å². The zero-order chi connectivity index (χ0) is 14.3. The molecule has 19 heavy (non-hydrogen) atoms. The molecular weight excluding hydrogens is 236 g/mol. The summed E-state index contributed by atoms with van der Waals surface area (Å²) in [6, 6.07) is 4.06. The molecule has 0 bridgehead atoms. The molecule has 0 amide bonds. The average Bonchev–Trinajstić information content (AvgIpc) is 2.27. The van der Waals surface area contributed by atoms with Crippen LogP contribution in [0.1, 0.15) is 46.6 Å². The Labute approximate surface area is 117 Å². The van der Waals surface area contributed by atoms with Crippen molar-refractivity contribution in [1.29, 1.82) is 0 Å². The van der Waals surface area contributed by atoms with Crippen molar-refractivity contribution in [2.75, 3.05) is 13.2 Å². The molecule has 0 radical (unpaired) electrons. The van der Waals surface area contributed by atoms with E-state index in [0.717, 1.165) is 32.0 Å². The second kappa shape index (κ2) is 7.49. The Morgan fingerprint density at radius 3 is 2.68 bits per heavy atom. The fourth-order valence-electron chi connectivity index (χ4n) is 1.61. The van der Waals surface area contributed by atoms with Gasteiger partial charge in [-0.05, 0) is 35.9 Å². The molecule has 0 aliphatic heterocycles. The van der Waals surface area contributed by atoms with E-state index in [1.807, 2.05) is 18.3 Å². The molecule has 0 aliphatic rings. The molecule has 1 rings (SSSR count). The van der Waals surface area contributed by atoms with Gasteiger partial charge in [0.05, 0.1) is 6.61 Å². The number of nitrogens with one attached hydrogen (secondary N) is 1. The maximum absolute atomic E-state index is 5.71. The molecule has 3 heteroatoms. The fourth-order valence-corrected chi connectivity index (χ4v) is 1.61. The van der Waals surface area contributed by atoms with Crippen LogP contribution in [0, 0.1) is 11.3 Å². The van der Waals surface area contributed by atoms with Gasteiger partial charge in [0, 0.05) is 18.8 Å². The van der Waals surface area contributed by atoms with E-state index in [9.17, 15) is 0 Å². The van der Waals surface area contributed by atoms with Gasteiger partial charge in [0.1, 0.15) is 0 Å². The van der Waals surface area contributed by atoms with Crippen LogP contribution in [0.3, 0.4) is 0 Å². The molecule has 0 spiro atoms.